The second kappa shape index (κ2) is 4.73. The van der Waals surface area contributed by atoms with Crippen LogP contribution in [-0.2, 0) is 4.74 Å². The van der Waals surface area contributed by atoms with E-state index in [0.717, 1.165) is 12.5 Å². The maximum atomic E-state index is 5.13. The molecule has 11 heavy (non-hydrogen) atoms. The van der Waals surface area contributed by atoms with E-state index in [1.165, 1.54) is 32.5 Å². The van der Waals surface area contributed by atoms with E-state index in [1.807, 2.05) is 0 Å². The molecule has 1 atom stereocenters. The van der Waals surface area contributed by atoms with Crippen molar-refractivity contribution in [3.05, 3.63) is 0 Å². The summed E-state index contributed by atoms with van der Waals surface area (Å²) in [4.78, 5) is 2.53. The molecule has 1 fully saturated rings. The van der Waals surface area contributed by atoms with Crippen LogP contribution in [0, 0.1) is 5.92 Å². The normalized spacial score (nSPS) is 26.2. The highest BCUT2D eigenvalue weighted by atomic mass is 16.5. The van der Waals surface area contributed by atoms with Crippen molar-refractivity contribution in [2.75, 3.05) is 33.4 Å². The van der Waals surface area contributed by atoms with Crippen molar-refractivity contribution in [3.63, 3.8) is 0 Å². The van der Waals surface area contributed by atoms with Gasteiger partial charge in [0, 0.05) is 13.7 Å². The van der Waals surface area contributed by atoms with Gasteiger partial charge in [0.25, 0.3) is 0 Å². The highest BCUT2D eigenvalue weighted by molar-refractivity contribution is 4.74. The van der Waals surface area contributed by atoms with Gasteiger partial charge in [0.15, 0.2) is 0 Å². The van der Waals surface area contributed by atoms with Crippen molar-refractivity contribution in [1.29, 1.82) is 0 Å². The fraction of sp³-hybridized carbons (Fsp3) is 1.00. The Bertz CT molecular complexity index is 93.7. The Morgan fingerprint density at radius 2 is 2.36 bits per heavy atom. The molecular weight excluding hydrogens is 138 g/mol. The molecule has 0 saturated carbocycles. The van der Waals surface area contributed by atoms with Gasteiger partial charge in [0.1, 0.15) is 0 Å². The van der Waals surface area contributed by atoms with Crippen LogP contribution in [-0.4, -0.2) is 38.3 Å². The van der Waals surface area contributed by atoms with Gasteiger partial charge in [-0.15, -0.1) is 0 Å². The molecule has 0 aromatic carbocycles. The SMILES string of the molecule is CCCN1CCC(COC)C1. The number of hydrogen-bond donors (Lipinski definition) is 0. The van der Waals surface area contributed by atoms with Crippen molar-refractivity contribution >= 4 is 0 Å². The number of nitrogens with zero attached hydrogens (tertiary/aromatic N) is 1. The summed E-state index contributed by atoms with van der Waals surface area (Å²) in [5.41, 5.74) is 0. The third-order valence-corrected chi connectivity index (χ3v) is 2.31. The lowest BCUT2D eigenvalue weighted by atomic mass is 10.1. The van der Waals surface area contributed by atoms with Crippen molar-refractivity contribution < 1.29 is 4.74 Å². The molecule has 1 aliphatic heterocycles. The van der Waals surface area contributed by atoms with E-state index >= 15 is 0 Å². The van der Waals surface area contributed by atoms with E-state index < -0.39 is 0 Å². The van der Waals surface area contributed by atoms with Gasteiger partial charge in [-0.3, -0.25) is 0 Å². The molecule has 0 N–H and O–H groups in total. The Hall–Kier alpha value is -0.0800. The van der Waals surface area contributed by atoms with Gasteiger partial charge in [0.05, 0.1) is 6.61 Å². The molecule has 0 radical (unpaired) electrons. The molecule has 66 valence electrons. The van der Waals surface area contributed by atoms with Crippen molar-refractivity contribution in [1.82, 2.24) is 4.90 Å². The van der Waals surface area contributed by atoms with Gasteiger partial charge in [-0.2, -0.15) is 0 Å². The highest BCUT2D eigenvalue weighted by Gasteiger charge is 2.20. The second-order valence-electron chi connectivity index (χ2n) is 3.41. The van der Waals surface area contributed by atoms with Crippen molar-refractivity contribution in [2.24, 2.45) is 5.92 Å². The maximum Gasteiger partial charge on any atom is 0.0503 e. The molecule has 0 amide bonds. The Labute approximate surface area is 69.5 Å². The van der Waals surface area contributed by atoms with Crippen LogP contribution in [0.3, 0.4) is 0 Å². The predicted molar refractivity (Wildman–Crippen MR) is 46.7 cm³/mol. The lowest BCUT2D eigenvalue weighted by Gasteiger charge is -2.13. The summed E-state index contributed by atoms with van der Waals surface area (Å²) in [5, 5.41) is 0. The highest BCUT2D eigenvalue weighted by Crippen LogP contribution is 2.15. The number of likely N-dealkylation sites (tertiary alicyclic amines) is 1. The number of methoxy groups -OCH3 is 1. The van der Waals surface area contributed by atoms with Crippen LogP contribution in [0.2, 0.25) is 0 Å². The fourth-order valence-corrected chi connectivity index (χ4v) is 1.80. The van der Waals surface area contributed by atoms with Crippen LogP contribution in [0.1, 0.15) is 19.8 Å². The topological polar surface area (TPSA) is 12.5 Å². The zero-order valence-electron chi connectivity index (χ0n) is 7.68. The molecule has 1 aliphatic rings. The molecule has 1 rings (SSSR count). The third-order valence-electron chi connectivity index (χ3n) is 2.31. The van der Waals surface area contributed by atoms with E-state index in [4.69, 9.17) is 4.74 Å². The monoisotopic (exact) mass is 157 g/mol. The molecular formula is C9H19NO. The average Bonchev–Trinajstić information content (AvgIpc) is 2.38. The zero-order valence-corrected chi connectivity index (χ0v) is 7.68. The molecule has 0 bridgehead atoms. The Balaban J connectivity index is 2.12. The van der Waals surface area contributed by atoms with Crippen LogP contribution in [0.5, 0.6) is 0 Å². The molecule has 2 heteroatoms. The Morgan fingerprint density at radius 3 is 3.00 bits per heavy atom. The van der Waals surface area contributed by atoms with Gasteiger partial charge in [-0.1, -0.05) is 6.92 Å². The fourth-order valence-electron chi connectivity index (χ4n) is 1.80. The first-order valence-electron chi connectivity index (χ1n) is 4.58. The van der Waals surface area contributed by atoms with Crippen LogP contribution in [0.25, 0.3) is 0 Å². The average molecular weight is 157 g/mol. The standard InChI is InChI=1S/C9H19NO/c1-3-5-10-6-4-9(7-10)8-11-2/h9H,3-8H2,1-2H3. The van der Waals surface area contributed by atoms with Crippen molar-refractivity contribution in [3.8, 4) is 0 Å². The smallest absolute Gasteiger partial charge is 0.0503 e. The molecule has 0 spiro atoms. The summed E-state index contributed by atoms with van der Waals surface area (Å²) < 4.78 is 5.13. The van der Waals surface area contributed by atoms with Crippen LogP contribution in [0.4, 0.5) is 0 Å². The molecule has 1 unspecified atom stereocenters. The first-order valence-corrected chi connectivity index (χ1v) is 4.58. The molecule has 0 aromatic rings. The molecule has 1 saturated heterocycles. The first kappa shape index (κ1) is 9.01. The first-order chi connectivity index (χ1) is 5.36. The molecule has 2 nitrogen and oxygen atoms in total. The zero-order chi connectivity index (χ0) is 8.10. The minimum Gasteiger partial charge on any atom is -0.384 e. The van der Waals surface area contributed by atoms with E-state index in [-0.39, 0.29) is 0 Å². The summed E-state index contributed by atoms with van der Waals surface area (Å²) in [6, 6.07) is 0. The second-order valence-corrected chi connectivity index (χ2v) is 3.41. The summed E-state index contributed by atoms with van der Waals surface area (Å²) in [7, 11) is 1.79. The minimum atomic E-state index is 0.798. The lowest BCUT2D eigenvalue weighted by Crippen LogP contribution is -2.22. The van der Waals surface area contributed by atoms with E-state index in [1.54, 1.807) is 7.11 Å². The maximum absolute atomic E-state index is 5.13. The van der Waals surface area contributed by atoms with Gasteiger partial charge in [-0.05, 0) is 31.8 Å². The summed E-state index contributed by atoms with van der Waals surface area (Å²) >= 11 is 0. The van der Waals surface area contributed by atoms with Crippen LogP contribution in [0.15, 0.2) is 0 Å². The van der Waals surface area contributed by atoms with E-state index in [9.17, 15) is 0 Å². The molecule has 1 heterocycles. The molecule has 0 aliphatic carbocycles. The third kappa shape index (κ3) is 2.80. The van der Waals surface area contributed by atoms with Gasteiger partial charge >= 0.3 is 0 Å². The number of rotatable bonds is 4. The quantitative estimate of drug-likeness (QED) is 0.611. The van der Waals surface area contributed by atoms with E-state index in [2.05, 4.69) is 11.8 Å². The largest absolute Gasteiger partial charge is 0.384 e. The Kier molecular flexibility index (Phi) is 3.87. The Morgan fingerprint density at radius 1 is 1.55 bits per heavy atom. The van der Waals surface area contributed by atoms with Crippen LogP contribution < -0.4 is 0 Å². The number of hydrogen-bond acceptors (Lipinski definition) is 2. The molecule has 0 aromatic heterocycles. The van der Waals surface area contributed by atoms with E-state index in [0.29, 0.717) is 0 Å². The summed E-state index contributed by atoms with van der Waals surface area (Å²) in [5.74, 6) is 0.798. The van der Waals surface area contributed by atoms with Crippen LogP contribution >= 0.6 is 0 Å². The lowest BCUT2D eigenvalue weighted by molar-refractivity contribution is 0.153. The summed E-state index contributed by atoms with van der Waals surface area (Å²) in [6.45, 7) is 6.98. The van der Waals surface area contributed by atoms with Gasteiger partial charge in [-0.25, -0.2) is 0 Å². The van der Waals surface area contributed by atoms with Gasteiger partial charge in [0.2, 0.25) is 0 Å². The predicted octanol–water partition coefficient (Wildman–Crippen LogP) is 1.36. The van der Waals surface area contributed by atoms with Crippen molar-refractivity contribution in [2.45, 2.75) is 19.8 Å². The number of ether oxygens (including phenoxy) is 1. The summed E-state index contributed by atoms with van der Waals surface area (Å²) in [6.07, 6.45) is 2.60. The minimum absolute atomic E-state index is 0.798. The van der Waals surface area contributed by atoms with Gasteiger partial charge < -0.3 is 9.64 Å².